The second kappa shape index (κ2) is 3.13. The van der Waals surface area contributed by atoms with Gasteiger partial charge in [-0.15, -0.1) is 0 Å². The van der Waals surface area contributed by atoms with Gasteiger partial charge in [-0.25, -0.2) is 0 Å². The Labute approximate surface area is 70.9 Å². The Hall–Kier alpha value is -2.05. The van der Waals surface area contributed by atoms with Crippen molar-refractivity contribution in [3.8, 4) is 0 Å². The maximum absolute atomic E-state index is 12.6. The van der Waals surface area contributed by atoms with Gasteiger partial charge in [0.05, 0.1) is 15.9 Å². The van der Waals surface area contributed by atoms with Gasteiger partial charge in [0.25, 0.3) is 5.69 Å². The standard InChI is InChI=1S/C6H2FN2O4/c7-5-2-1-4(8(10)11)3-6(5)9(12)13/h1,3H. The van der Waals surface area contributed by atoms with E-state index in [-0.39, 0.29) is 0 Å². The molecule has 13 heavy (non-hydrogen) atoms. The number of non-ortho nitro benzene ring substituents is 1. The number of halogens is 1. The number of hydrogen-bond acceptors (Lipinski definition) is 4. The van der Waals surface area contributed by atoms with Crippen molar-refractivity contribution in [2.24, 2.45) is 0 Å². The van der Waals surface area contributed by atoms with Crippen molar-refractivity contribution in [1.29, 1.82) is 0 Å². The predicted molar refractivity (Wildman–Crippen MR) is 38.5 cm³/mol. The molecule has 1 aromatic rings. The van der Waals surface area contributed by atoms with Crippen LogP contribution in [0.4, 0.5) is 15.8 Å². The van der Waals surface area contributed by atoms with Crippen LogP contribution in [-0.2, 0) is 0 Å². The lowest BCUT2D eigenvalue weighted by Gasteiger charge is -1.92. The van der Waals surface area contributed by atoms with E-state index in [0.717, 1.165) is 6.07 Å². The lowest BCUT2D eigenvalue weighted by atomic mass is 10.3. The number of nitro groups is 2. The van der Waals surface area contributed by atoms with Gasteiger partial charge in [0.15, 0.2) is 0 Å². The van der Waals surface area contributed by atoms with E-state index >= 15 is 0 Å². The molecular weight excluding hydrogens is 183 g/mol. The number of nitrogens with zero attached hydrogens (tertiary/aromatic N) is 2. The minimum Gasteiger partial charge on any atom is -0.258 e. The zero-order chi connectivity index (χ0) is 10.0. The quantitative estimate of drug-likeness (QED) is 0.515. The van der Waals surface area contributed by atoms with Gasteiger partial charge in [0, 0.05) is 12.1 Å². The molecule has 0 aliphatic heterocycles. The van der Waals surface area contributed by atoms with Crippen LogP contribution in [0.5, 0.6) is 0 Å². The van der Waals surface area contributed by atoms with E-state index in [1.165, 1.54) is 0 Å². The first-order valence-corrected chi connectivity index (χ1v) is 3.02. The van der Waals surface area contributed by atoms with Crippen molar-refractivity contribution < 1.29 is 14.2 Å². The molecule has 0 saturated heterocycles. The Morgan fingerprint density at radius 3 is 2.38 bits per heavy atom. The average molecular weight is 185 g/mol. The van der Waals surface area contributed by atoms with Gasteiger partial charge < -0.3 is 0 Å². The maximum atomic E-state index is 12.6. The Morgan fingerprint density at radius 2 is 1.92 bits per heavy atom. The summed E-state index contributed by atoms with van der Waals surface area (Å²) in [5.74, 6) is -1.21. The molecule has 0 spiro atoms. The molecule has 0 amide bonds. The lowest BCUT2D eigenvalue weighted by molar-refractivity contribution is -0.395. The molecular formula is C6H2FN2O4. The highest BCUT2D eigenvalue weighted by atomic mass is 19.1. The van der Waals surface area contributed by atoms with Crippen LogP contribution < -0.4 is 0 Å². The zero-order valence-corrected chi connectivity index (χ0v) is 6.06. The monoisotopic (exact) mass is 185 g/mol. The Balaban J connectivity index is 3.27. The third-order valence-corrected chi connectivity index (χ3v) is 1.26. The van der Waals surface area contributed by atoms with Gasteiger partial charge in [0.1, 0.15) is 0 Å². The Bertz CT molecular complexity index is 379. The minimum absolute atomic E-state index is 0.547. The van der Waals surface area contributed by atoms with Crippen molar-refractivity contribution in [3.63, 3.8) is 0 Å². The van der Waals surface area contributed by atoms with Crippen LogP contribution in [0.15, 0.2) is 12.1 Å². The second-order valence-corrected chi connectivity index (χ2v) is 2.07. The van der Waals surface area contributed by atoms with E-state index in [1.807, 2.05) is 0 Å². The number of nitro benzene ring substituents is 2. The number of hydrogen-bond donors (Lipinski definition) is 0. The molecule has 0 unspecified atom stereocenters. The first kappa shape index (κ1) is 9.04. The van der Waals surface area contributed by atoms with Crippen LogP contribution in [0.25, 0.3) is 0 Å². The number of rotatable bonds is 2. The molecule has 0 fully saturated rings. The van der Waals surface area contributed by atoms with Gasteiger partial charge in [-0.05, 0) is 0 Å². The first-order valence-electron chi connectivity index (χ1n) is 3.02. The highest BCUT2D eigenvalue weighted by molar-refractivity contribution is 5.42. The van der Waals surface area contributed by atoms with Crippen molar-refractivity contribution in [2.75, 3.05) is 0 Å². The molecule has 1 radical (unpaired) electrons. The molecule has 1 rings (SSSR count). The third kappa shape index (κ3) is 1.75. The van der Waals surface area contributed by atoms with Crippen LogP contribution in [-0.4, -0.2) is 9.85 Å². The topological polar surface area (TPSA) is 86.3 Å². The summed E-state index contributed by atoms with van der Waals surface area (Å²) in [4.78, 5) is 18.3. The molecule has 1 aromatic carbocycles. The fraction of sp³-hybridized carbons (Fsp3) is 0. The molecule has 0 aliphatic carbocycles. The van der Waals surface area contributed by atoms with Crippen LogP contribution in [0.3, 0.4) is 0 Å². The van der Waals surface area contributed by atoms with E-state index in [1.54, 1.807) is 6.07 Å². The molecule has 0 bridgehead atoms. The van der Waals surface area contributed by atoms with E-state index < -0.39 is 27.0 Å². The van der Waals surface area contributed by atoms with Crippen molar-refractivity contribution in [1.82, 2.24) is 0 Å². The molecule has 0 N–H and O–H groups in total. The molecule has 0 heterocycles. The fourth-order valence-corrected chi connectivity index (χ4v) is 0.695. The van der Waals surface area contributed by atoms with Gasteiger partial charge in [0.2, 0.25) is 5.82 Å². The predicted octanol–water partition coefficient (Wildman–Crippen LogP) is 1.44. The first-order chi connectivity index (χ1) is 6.02. The summed E-state index contributed by atoms with van der Waals surface area (Å²) >= 11 is 0. The van der Waals surface area contributed by atoms with E-state index in [0.29, 0.717) is 6.07 Å². The summed E-state index contributed by atoms with van der Waals surface area (Å²) < 4.78 is 12.6. The summed E-state index contributed by atoms with van der Waals surface area (Å²) in [6.07, 6.45) is 0. The van der Waals surface area contributed by atoms with Crippen molar-refractivity contribution >= 4 is 11.4 Å². The van der Waals surface area contributed by atoms with Crippen molar-refractivity contribution in [3.05, 3.63) is 44.2 Å². The third-order valence-electron chi connectivity index (χ3n) is 1.26. The summed E-state index contributed by atoms with van der Waals surface area (Å²) in [5, 5.41) is 20.2. The van der Waals surface area contributed by atoms with Gasteiger partial charge in [-0.1, -0.05) is 0 Å². The fourth-order valence-electron chi connectivity index (χ4n) is 0.695. The highest BCUT2D eigenvalue weighted by Crippen LogP contribution is 2.22. The molecule has 6 nitrogen and oxygen atoms in total. The van der Waals surface area contributed by atoms with E-state index in [9.17, 15) is 24.6 Å². The Morgan fingerprint density at radius 1 is 1.31 bits per heavy atom. The van der Waals surface area contributed by atoms with Crippen LogP contribution in [0.2, 0.25) is 0 Å². The average Bonchev–Trinajstić information content (AvgIpc) is 2.04. The highest BCUT2D eigenvalue weighted by Gasteiger charge is 2.19. The summed E-state index contributed by atoms with van der Waals surface area (Å²) in [5.41, 5.74) is -1.51. The van der Waals surface area contributed by atoms with Crippen LogP contribution >= 0.6 is 0 Å². The Kier molecular flexibility index (Phi) is 2.18. The molecule has 7 heteroatoms. The summed E-state index contributed by atoms with van der Waals surface area (Å²) in [6, 6.07) is 3.07. The smallest absolute Gasteiger partial charge is 0.258 e. The molecule has 0 saturated carbocycles. The normalized spacial score (nSPS) is 9.62. The van der Waals surface area contributed by atoms with Gasteiger partial charge in [-0.2, -0.15) is 4.39 Å². The molecule has 67 valence electrons. The van der Waals surface area contributed by atoms with Crippen LogP contribution in [0, 0.1) is 32.1 Å². The van der Waals surface area contributed by atoms with Gasteiger partial charge in [-0.3, -0.25) is 20.2 Å². The van der Waals surface area contributed by atoms with E-state index in [4.69, 9.17) is 0 Å². The molecule has 0 aromatic heterocycles. The summed E-state index contributed by atoms with van der Waals surface area (Å²) in [7, 11) is 0. The zero-order valence-electron chi connectivity index (χ0n) is 6.06. The molecule has 0 atom stereocenters. The van der Waals surface area contributed by atoms with Crippen molar-refractivity contribution in [2.45, 2.75) is 0 Å². The number of benzene rings is 1. The molecule has 0 aliphatic rings. The maximum Gasteiger partial charge on any atom is 0.312 e. The van der Waals surface area contributed by atoms with Gasteiger partial charge >= 0.3 is 5.69 Å². The van der Waals surface area contributed by atoms with E-state index in [2.05, 4.69) is 0 Å². The minimum atomic E-state index is -1.21. The largest absolute Gasteiger partial charge is 0.312 e. The second-order valence-electron chi connectivity index (χ2n) is 2.07. The van der Waals surface area contributed by atoms with Crippen LogP contribution in [0.1, 0.15) is 0 Å². The SMILES string of the molecule is O=[N+]([O-])c1c[c]c(F)c([N+](=O)[O-])c1. The summed E-state index contributed by atoms with van der Waals surface area (Å²) in [6.45, 7) is 0. The lowest BCUT2D eigenvalue weighted by Crippen LogP contribution is -1.95.